The van der Waals surface area contributed by atoms with E-state index in [-0.39, 0.29) is 25.7 Å². The van der Waals surface area contributed by atoms with Gasteiger partial charge in [0, 0.05) is 12.8 Å². The van der Waals surface area contributed by atoms with E-state index in [4.69, 9.17) is 33.7 Å². The van der Waals surface area contributed by atoms with Crippen LogP contribution in [-0.4, -0.2) is 11.8 Å². The lowest BCUT2D eigenvalue weighted by molar-refractivity contribution is -0.138. The fourth-order valence-electron chi connectivity index (χ4n) is 2.83. The van der Waals surface area contributed by atoms with Crippen LogP contribution in [0, 0.1) is 28.1 Å². The molecule has 0 aliphatic carbocycles. The van der Waals surface area contributed by atoms with E-state index in [1.54, 1.807) is 48.5 Å². The molecule has 0 atom stereocenters. The second-order valence-electron chi connectivity index (χ2n) is 6.27. The van der Waals surface area contributed by atoms with Gasteiger partial charge in [-0.2, -0.15) is 10.5 Å². The molecule has 0 heterocycles. The summed E-state index contributed by atoms with van der Waals surface area (Å²) in [6.07, 6.45) is -0.204. The number of benzene rings is 2. The SMILES string of the molecule is N#CCCC(CCC#N)(C(=O)Nc1ccccc1Cl)C(=O)Nc1ccccc1Cl. The molecular formula is C21H18Cl2N4O2. The van der Waals surface area contributed by atoms with E-state index in [1.165, 1.54) is 0 Å². The van der Waals surface area contributed by atoms with Gasteiger partial charge in [0.05, 0.1) is 33.6 Å². The zero-order valence-electron chi connectivity index (χ0n) is 15.4. The lowest BCUT2D eigenvalue weighted by atomic mass is 9.77. The van der Waals surface area contributed by atoms with Gasteiger partial charge >= 0.3 is 0 Å². The highest BCUT2D eigenvalue weighted by atomic mass is 35.5. The molecule has 29 heavy (non-hydrogen) atoms. The number of amides is 2. The molecule has 0 bridgehead atoms. The average Bonchev–Trinajstić information content (AvgIpc) is 2.71. The van der Waals surface area contributed by atoms with Gasteiger partial charge in [-0.1, -0.05) is 47.5 Å². The van der Waals surface area contributed by atoms with E-state index in [0.717, 1.165) is 0 Å². The molecule has 0 radical (unpaired) electrons. The van der Waals surface area contributed by atoms with Crippen molar-refractivity contribution in [1.29, 1.82) is 10.5 Å². The number of rotatable bonds is 8. The van der Waals surface area contributed by atoms with E-state index in [2.05, 4.69) is 10.6 Å². The summed E-state index contributed by atoms with van der Waals surface area (Å²) in [5.41, 5.74) is -0.977. The van der Waals surface area contributed by atoms with Gasteiger partial charge in [-0.05, 0) is 37.1 Å². The van der Waals surface area contributed by atoms with Gasteiger partial charge in [0.15, 0.2) is 0 Å². The fraction of sp³-hybridized carbons (Fsp3) is 0.238. The first-order valence-electron chi connectivity index (χ1n) is 8.80. The lowest BCUT2D eigenvalue weighted by Crippen LogP contribution is -2.46. The Balaban J connectivity index is 2.42. The van der Waals surface area contributed by atoms with E-state index in [0.29, 0.717) is 21.4 Å². The first-order chi connectivity index (χ1) is 13.9. The zero-order chi connectivity index (χ0) is 21.3. The van der Waals surface area contributed by atoms with Crippen LogP contribution in [0.5, 0.6) is 0 Å². The largest absolute Gasteiger partial charge is 0.324 e. The molecule has 2 N–H and O–H groups in total. The summed E-state index contributed by atoms with van der Waals surface area (Å²) < 4.78 is 0. The van der Waals surface area contributed by atoms with Crippen molar-refractivity contribution in [2.75, 3.05) is 10.6 Å². The highest BCUT2D eigenvalue weighted by molar-refractivity contribution is 6.34. The summed E-state index contributed by atoms with van der Waals surface area (Å²) in [6, 6.07) is 17.1. The number of carbonyl (C=O) groups excluding carboxylic acids is 2. The standard InChI is InChI=1S/C21H18Cl2N4O2/c22-15-7-1-3-9-17(15)26-19(28)21(11-5-13-24,12-6-14-25)20(29)27-18-10-4-2-8-16(18)23/h1-4,7-10H,5-6,11-12H2,(H,26,28)(H,27,29). The number of nitrogens with zero attached hydrogens (tertiary/aromatic N) is 2. The predicted octanol–water partition coefficient (Wildman–Crippen LogP) is 5.16. The normalized spacial score (nSPS) is 10.5. The zero-order valence-corrected chi connectivity index (χ0v) is 16.9. The second-order valence-corrected chi connectivity index (χ2v) is 7.08. The molecule has 0 saturated heterocycles. The summed E-state index contributed by atoms with van der Waals surface area (Å²) in [7, 11) is 0. The number of halogens is 2. The van der Waals surface area contributed by atoms with Crippen LogP contribution in [0.1, 0.15) is 25.7 Å². The lowest BCUT2D eigenvalue weighted by Gasteiger charge is -2.30. The van der Waals surface area contributed by atoms with E-state index in [1.807, 2.05) is 12.1 Å². The minimum atomic E-state index is -1.65. The van der Waals surface area contributed by atoms with Gasteiger partial charge in [-0.15, -0.1) is 0 Å². The summed E-state index contributed by atoms with van der Waals surface area (Å²) in [4.78, 5) is 26.5. The van der Waals surface area contributed by atoms with Crippen molar-refractivity contribution in [1.82, 2.24) is 0 Å². The van der Waals surface area contributed by atoms with Crippen LogP contribution >= 0.6 is 23.2 Å². The topological polar surface area (TPSA) is 106 Å². The molecule has 0 aromatic heterocycles. The highest BCUT2D eigenvalue weighted by Crippen LogP contribution is 2.35. The molecule has 2 aromatic rings. The summed E-state index contributed by atoms with van der Waals surface area (Å²) in [5.74, 6) is -1.28. The van der Waals surface area contributed by atoms with Crippen molar-refractivity contribution in [3.05, 3.63) is 58.6 Å². The third kappa shape index (κ3) is 5.48. The van der Waals surface area contributed by atoms with Crippen LogP contribution in [0.4, 0.5) is 11.4 Å². The van der Waals surface area contributed by atoms with Crippen molar-refractivity contribution in [3.8, 4) is 12.1 Å². The molecule has 148 valence electrons. The Bertz CT molecular complexity index is 900. The van der Waals surface area contributed by atoms with Gasteiger partial charge in [-0.3, -0.25) is 9.59 Å². The molecule has 6 nitrogen and oxygen atoms in total. The number of nitrogens with one attached hydrogen (secondary N) is 2. The molecule has 0 aliphatic heterocycles. The molecule has 0 aliphatic rings. The number of nitriles is 2. The third-order valence-corrected chi connectivity index (χ3v) is 5.10. The maximum Gasteiger partial charge on any atom is 0.240 e. The molecule has 2 aromatic carbocycles. The molecule has 0 fully saturated rings. The summed E-state index contributed by atoms with van der Waals surface area (Å²) in [6.45, 7) is 0. The Morgan fingerprint density at radius 2 is 1.17 bits per heavy atom. The van der Waals surface area contributed by atoms with Crippen LogP contribution in [0.2, 0.25) is 10.0 Å². The van der Waals surface area contributed by atoms with Crippen LogP contribution in [0.15, 0.2) is 48.5 Å². The van der Waals surface area contributed by atoms with Crippen LogP contribution in [0.3, 0.4) is 0 Å². The first kappa shape index (κ1) is 22.2. The number of carbonyl (C=O) groups is 2. The number of hydrogen-bond acceptors (Lipinski definition) is 4. The quantitative estimate of drug-likeness (QED) is 0.565. The maximum absolute atomic E-state index is 13.2. The van der Waals surface area contributed by atoms with Gasteiger partial charge < -0.3 is 10.6 Å². The number of hydrogen-bond donors (Lipinski definition) is 2. The van der Waals surface area contributed by atoms with Gasteiger partial charge in [0.1, 0.15) is 5.41 Å². The van der Waals surface area contributed by atoms with E-state index >= 15 is 0 Å². The van der Waals surface area contributed by atoms with Crippen molar-refractivity contribution < 1.29 is 9.59 Å². The first-order valence-corrected chi connectivity index (χ1v) is 9.56. The molecule has 2 rings (SSSR count). The maximum atomic E-state index is 13.2. The number of para-hydroxylation sites is 2. The van der Waals surface area contributed by atoms with Crippen molar-refractivity contribution in [2.24, 2.45) is 5.41 Å². The fourth-order valence-corrected chi connectivity index (χ4v) is 3.20. The molecular weight excluding hydrogens is 411 g/mol. The second kappa shape index (κ2) is 10.5. The van der Waals surface area contributed by atoms with E-state index in [9.17, 15) is 9.59 Å². The summed E-state index contributed by atoms with van der Waals surface area (Å²) in [5, 5.41) is 24.1. The smallest absolute Gasteiger partial charge is 0.240 e. The summed E-state index contributed by atoms with van der Waals surface area (Å²) >= 11 is 12.2. The Kier molecular flexibility index (Phi) is 8.03. The Morgan fingerprint density at radius 1 is 0.793 bits per heavy atom. The van der Waals surface area contributed by atoms with E-state index < -0.39 is 17.2 Å². The minimum Gasteiger partial charge on any atom is -0.324 e. The highest BCUT2D eigenvalue weighted by Gasteiger charge is 2.45. The van der Waals surface area contributed by atoms with Gasteiger partial charge in [-0.25, -0.2) is 0 Å². The van der Waals surface area contributed by atoms with Crippen molar-refractivity contribution in [3.63, 3.8) is 0 Å². The van der Waals surface area contributed by atoms with Gasteiger partial charge in [0.25, 0.3) is 0 Å². The Morgan fingerprint density at radius 3 is 1.52 bits per heavy atom. The molecule has 0 saturated carbocycles. The van der Waals surface area contributed by atoms with Crippen molar-refractivity contribution >= 4 is 46.4 Å². The Hall–Kier alpha value is -3.06. The van der Waals surface area contributed by atoms with Crippen LogP contribution in [0.25, 0.3) is 0 Å². The molecule has 2 amide bonds. The van der Waals surface area contributed by atoms with Crippen LogP contribution < -0.4 is 10.6 Å². The van der Waals surface area contributed by atoms with Crippen molar-refractivity contribution in [2.45, 2.75) is 25.7 Å². The number of anilines is 2. The molecule has 0 spiro atoms. The van der Waals surface area contributed by atoms with Crippen LogP contribution in [-0.2, 0) is 9.59 Å². The van der Waals surface area contributed by atoms with Gasteiger partial charge in [0.2, 0.25) is 11.8 Å². The third-order valence-electron chi connectivity index (χ3n) is 4.44. The predicted molar refractivity (Wildman–Crippen MR) is 112 cm³/mol. The average molecular weight is 429 g/mol. The molecule has 0 unspecified atom stereocenters. The minimum absolute atomic E-state index is 0.0443. The Labute approximate surface area is 179 Å². The molecule has 8 heteroatoms. The monoisotopic (exact) mass is 428 g/mol.